The van der Waals surface area contributed by atoms with E-state index in [1.165, 1.54) is 4.90 Å². The van der Waals surface area contributed by atoms with E-state index in [2.05, 4.69) is 22.5 Å². The van der Waals surface area contributed by atoms with Gasteiger partial charge in [0.25, 0.3) is 11.8 Å². The molecule has 22 heavy (non-hydrogen) atoms. The van der Waals surface area contributed by atoms with Crippen LogP contribution in [0.25, 0.3) is 0 Å². The van der Waals surface area contributed by atoms with Gasteiger partial charge in [0.15, 0.2) is 0 Å². The second-order valence-corrected chi connectivity index (χ2v) is 6.64. The molecule has 0 atom stereocenters. The molecule has 116 valence electrons. The smallest absolute Gasteiger partial charge is 0.261 e. The Bertz CT molecular complexity index is 620. The van der Waals surface area contributed by atoms with Gasteiger partial charge in [-0.3, -0.25) is 14.5 Å². The zero-order chi connectivity index (χ0) is 15.7. The average molecular weight is 364 g/mol. The zero-order valence-electron chi connectivity index (χ0n) is 12.3. The lowest BCUT2D eigenvalue weighted by Crippen LogP contribution is -2.43. The molecule has 3 rings (SSSR count). The number of hydrogen-bond acceptors (Lipinski definition) is 3. The molecule has 0 radical (unpaired) electrons. The van der Waals surface area contributed by atoms with Gasteiger partial charge in [-0.15, -0.1) is 6.58 Å². The first-order chi connectivity index (χ1) is 10.6. The van der Waals surface area contributed by atoms with Gasteiger partial charge in [0.05, 0.1) is 23.8 Å². The number of fused-ring (bicyclic) bond motifs is 1. The molecule has 0 saturated heterocycles. The summed E-state index contributed by atoms with van der Waals surface area (Å²) in [4.78, 5) is 26.5. The summed E-state index contributed by atoms with van der Waals surface area (Å²) in [5.41, 5.74) is 1.02. The third kappa shape index (κ3) is 2.75. The van der Waals surface area contributed by atoms with Gasteiger partial charge in [0.1, 0.15) is 0 Å². The van der Waals surface area contributed by atoms with Crippen molar-refractivity contribution in [2.24, 2.45) is 0 Å². The SMILES string of the molecule is C=CCOC1CCC(N2C(=O)c3ccc(Br)cc3C2=O)CC1. The molecule has 1 aliphatic carbocycles. The summed E-state index contributed by atoms with van der Waals surface area (Å²) in [7, 11) is 0. The molecule has 4 nitrogen and oxygen atoms in total. The van der Waals surface area contributed by atoms with E-state index in [9.17, 15) is 9.59 Å². The van der Waals surface area contributed by atoms with E-state index in [0.717, 1.165) is 30.2 Å². The van der Waals surface area contributed by atoms with Crippen molar-refractivity contribution in [1.82, 2.24) is 4.90 Å². The maximum atomic E-state index is 12.6. The first-order valence-corrected chi connectivity index (χ1v) is 8.31. The van der Waals surface area contributed by atoms with Crippen LogP contribution >= 0.6 is 15.9 Å². The maximum Gasteiger partial charge on any atom is 0.261 e. The number of rotatable bonds is 4. The number of hydrogen-bond donors (Lipinski definition) is 0. The van der Waals surface area contributed by atoms with Crippen LogP contribution in [0.1, 0.15) is 46.4 Å². The summed E-state index contributed by atoms with van der Waals surface area (Å²) in [6, 6.07) is 5.23. The lowest BCUT2D eigenvalue weighted by molar-refractivity contribution is 0.0209. The minimum Gasteiger partial charge on any atom is -0.374 e. The van der Waals surface area contributed by atoms with Crippen molar-refractivity contribution in [2.45, 2.75) is 37.8 Å². The van der Waals surface area contributed by atoms with Crippen LogP contribution in [-0.4, -0.2) is 35.5 Å². The molecule has 1 saturated carbocycles. The lowest BCUT2D eigenvalue weighted by Gasteiger charge is -2.33. The van der Waals surface area contributed by atoms with Crippen LogP contribution in [0.2, 0.25) is 0 Å². The van der Waals surface area contributed by atoms with E-state index in [1.807, 2.05) is 0 Å². The molecular weight excluding hydrogens is 346 g/mol. The van der Waals surface area contributed by atoms with Crippen LogP contribution in [0.4, 0.5) is 0 Å². The topological polar surface area (TPSA) is 46.6 Å². The van der Waals surface area contributed by atoms with Gasteiger partial charge in [0.2, 0.25) is 0 Å². The fourth-order valence-electron chi connectivity index (χ4n) is 3.24. The Hall–Kier alpha value is -1.46. The first-order valence-electron chi connectivity index (χ1n) is 7.51. The van der Waals surface area contributed by atoms with E-state index in [-0.39, 0.29) is 24.0 Å². The molecule has 0 unspecified atom stereocenters. The zero-order valence-corrected chi connectivity index (χ0v) is 13.8. The molecule has 0 bridgehead atoms. The summed E-state index contributed by atoms with van der Waals surface area (Å²) in [5, 5.41) is 0. The van der Waals surface area contributed by atoms with Crippen LogP contribution in [-0.2, 0) is 4.74 Å². The molecular formula is C17H18BrNO3. The molecule has 1 aliphatic heterocycles. The minimum atomic E-state index is -0.170. The van der Waals surface area contributed by atoms with Gasteiger partial charge < -0.3 is 4.74 Å². The van der Waals surface area contributed by atoms with Gasteiger partial charge in [-0.1, -0.05) is 22.0 Å². The monoisotopic (exact) mass is 363 g/mol. The van der Waals surface area contributed by atoms with Crippen LogP contribution in [0.3, 0.4) is 0 Å². The van der Waals surface area contributed by atoms with Crippen molar-refractivity contribution in [2.75, 3.05) is 6.61 Å². The molecule has 0 N–H and O–H groups in total. The predicted octanol–water partition coefficient (Wildman–Crippen LogP) is 3.56. The number of halogens is 1. The van der Waals surface area contributed by atoms with Crippen molar-refractivity contribution < 1.29 is 14.3 Å². The van der Waals surface area contributed by atoms with E-state index < -0.39 is 0 Å². The highest BCUT2D eigenvalue weighted by atomic mass is 79.9. The standard InChI is InChI=1S/C17H18BrNO3/c1-2-9-22-13-6-4-12(5-7-13)19-16(20)14-8-3-11(18)10-15(14)17(19)21/h2-3,8,10,12-13H,1,4-7,9H2. The van der Waals surface area contributed by atoms with E-state index in [1.54, 1.807) is 24.3 Å². The highest BCUT2D eigenvalue weighted by Gasteiger charge is 2.41. The van der Waals surface area contributed by atoms with Gasteiger partial charge in [-0.05, 0) is 43.9 Å². The molecule has 1 aromatic rings. The summed E-state index contributed by atoms with van der Waals surface area (Å²) in [5.74, 6) is -0.334. The molecule has 0 aromatic heterocycles. The van der Waals surface area contributed by atoms with Gasteiger partial charge in [-0.2, -0.15) is 0 Å². The second-order valence-electron chi connectivity index (χ2n) is 5.72. The quantitative estimate of drug-likeness (QED) is 0.606. The number of ether oxygens (including phenoxy) is 1. The third-order valence-corrected chi connectivity index (χ3v) is 4.83. The van der Waals surface area contributed by atoms with Gasteiger partial charge >= 0.3 is 0 Å². The minimum absolute atomic E-state index is 0.0187. The largest absolute Gasteiger partial charge is 0.374 e. The molecule has 1 aromatic carbocycles. The van der Waals surface area contributed by atoms with Crippen molar-refractivity contribution >= 4 is 27.7 Å². The Morgan fingerprint density at radius 2 is 1.86 bits per heavy atom. The summed E-state index contributed by atoms with van der Waals surface area (Å²) in [6.07, 6.45) is 5.29. The van der Waals surface area contributed by atoms with Gasteiger partial charge in [0, 0.05) is 10.5 Å². The molecule has 5 heteroatoms. The van der Waals surface area contributed by atoms with Crippen molar-refractivity contribution in [1.29, 1.82) is 0 Å². The highest BCUT2D eigenvalue weighted by molar-refractivity contribution is 9.10. The number of carbonyl (C=O) groups excluding carboxylic acids is 2. The number of benzene rings is 1. The van der Waals surface area contributed by atoms with Crippen molar-refractivity contribution in [3.05, 3.63) is 46.5 Å². The first kappa shape index (κ1) is 15.4. The van der Waals surface area contributed by atoms with Crippen molar-refractivity contribution in [3.8, 4) is 0 Å². The molecule has 1 heterocycles. The second kappa shape index (κ2) is 6.34. The fraction of sp³-hybridized carbons (Fsp3) is 0.412. The summed E-state index contributed by atoms with van der Waals surface area (Å²) < 4.78 is 6.48. The Labute approximate surface area is 138 Å². The lowest BCUT2D eigenvalue weighted by atomic mass is 9.92. The van der Waals surface area contributed by atoms with Crippen LogP contribution < -0.4 is 0 Å². The van der Waals surface area contributed by atoms with E-state index >= 15 is 0 Å². The van der Waals surface area contributed by atoms with E-state index in [0.29, 0.717) is 17.7 Å². The molecule has 2 amide bonds. The van der Waals surface area contributed by atoms with Crippen LogP contribution in [0, 0.1) is 0 Å². The normalized spacial score (nSPS) is 24.5. The van der Waals surface area contributed by atoms with Crippen LogP contribution in [0.15, 0.2) is 35.3 Å². The summed E-state index contributed by atoms with van der Waals surface area (Å²) >= 11 is 3.35. The van der Waals surface area contributed by atoms with Crippen molar-refractivity contribution in [3.63, 3.8) is 0 Å². The molecule has 0 spiro atoms. The number of carbonyl (C=O) groups is 2. The van der Waals surface area contributed by atoms with Crippen LogP contribution in [0.5, 0.6) is 0 Å². The Kier molecular flexibility index (Phi) is 4.45. The summed E-state index contributed by atoms with van der Waals surface area (Å²) in [6.45, 7) is 4.20. The predicted molar refractivity (Wildman–Crippen MR) is 86.8 cm³/mol. The van der Waals surface area contributed by atoms with Gasteiger partial charge in [-0.25, -0.2) is 0 Å². The highest BCUT2D eigenvalue weighted by Crippen LogP contribution is 2.33. The molecule has 1 fully saturated rings. The maximum absolute atomic E-state index is 12.6. The Balaban J connectivity index is 1.71. The Morgan fingerprint density at radius 3 is 2.55 bits per heavy atom. The molecule has 2 aliphatic rings. The number of nitrogens with zero attached hydrogens (tertiary/aromatic N) is 1. The Morgan fingerprint density at radius 1 is 1.18 bits per heavy atom. The van der Waals surface area contributed by atoms with E-state index in [4.69, 9.17) is 4.74 Å². The average Bonchev–Trinajstić information content (AvgIpc) is 2.77. The number of imide groups is 1. The third-order valence-electron chi connectivity index (χ3n) is 4.34. The fourth-order valence-corrected chi connectivity index (χ4v) is 3.60. The number of amides is 2.